The monoisotopic (exact) mass is 2000 g/mol. The minimum absolute atomic E-state index is 0.0559. The second-order valence-electron chi connectivity index (χ2n) is 44.2. The van der Waals surface area contributed by atoms with E-state index in [1.165, 1.54) is 30.4 Å². The number of amides is 6. The number of aromatic nitrogens is 11. The first-order valence-electron chi connectivity index (χ1n) is 53.2. The molecule has 0 N–H and O–H groups in total. The minimum Gasteiger partial charge on any atom is -0.475 e. The first-order chi connectivity index (χ1) is 72.2. The zero-order valence-corrected chi connectivity index (χ0v) is 86.4. The van der Waals surface area contributed by atoms with Crippen LogP contribution in [0.25, 0.3) is 33.8 Å². The van der Waals surface area contributed by atoms with Gasteiger partial charge in [-0.3, -0.25) is 68.1 Å². The molecule has 3 atom stereocenters. The van der Waals surface area contributed by atoms with E-state index in [-0.39, 0.29) is 59.2 Å². The highest BCUT2D eigenvalue weighted by Crippen LogP contribution is 2.77. The predicted molar refractivity (Wildman–Crippen MR) is 569 cm³/mol. The average Bonchev–Trinajstić information content (AvgIpc) is 1.60. The van der Waals surface area contributed by atoms with E-state index in [2.05, 4.69) is 150 Å². The van der Waals surface area contributed by atoms with Crippen molar-refractivity contribution >= 4 is 80.8 Å². The van der Waals surface area contributed by atoms with Crippen molar-refractivity contribution in [3.8, 4) is 40.3 Å². The van der Waals surface area contributed by atoms with Crippen LogP contribution in [0.2, 0.25) is 0 Å². The number of anilines is 3. The highest BCUT2D eigenvalue weighted by atomic mass is 16.5. The Morgan fingerprint density at radius 3 is 1.19 bits per heavy atom. The molecule has 12 aliphatic heterocycles. The van der Waals surface area contributed by atoms with Crippen LogP contribution in [0.15, 0.2) is 217 Å². The first kappa shape index (κ1) is 97.9. The lowest BCUT2D eigenvalue weighted by molar-refractivity contribution is -0.195. The normalized spacial score (nSPS) is 23.4. The zero-order valence-electron chi connectivity index (χ0n) is 86.4. The maximum absolute atomic E-state index is 14.1. The summed E-state index contributed by atoms with van der Waals surface area (Å²) in [7, 11) is 3.91. The van der Waals surface area contributed by atoms with Crippen LogP contribution < -0.4 is 28.9 Å². The van der Waals surface area contributed by atoms with Gasteiger partial charge in [-0.05, 0) is 262 Å². The van der Waals surface area contributed by atoms with Crippen LogP contribution in [0, 0.1) is 27.6 Å². The van der Waals surface area contributed by atoms with E-state index >= 15 is 0 Å². The molecule has 7 aromatic heterocycles. The number of rotatable bonds is 24. The number of ether oxygens (including phenoxy) is 3. The van der Waals surface area contributed by atoms with E-state index in [4.69, 9.17) is 29.2 Å². The number of hydrogen-bond donors (Lipinski definition) is 0. The van der Waals surface area contributed by atoms with Crippen LogP contribution >= 0.6 is 0 Å². The fraction of sp³-hybridized carbons (Fsp3) is 0.436. The van der Waals surface area contributed by atoms with E-state index < -0.39 is 16.2 Å². The third kappa shape index (κ3) is 19.5. The molecule has 4 aromatic carbocycles. The van der Waals surface area contributed by atoms with Gasteiger partial charge in [-0.1, -0.05) is 54.6 Å². The largest absolute Gasteiger partial charge is 0.475 e. The molecule has 32 heteroatoms. The van der Waals surface area contributed by atoms with Crippen LogP contribution in [0.3, 0.4) is 0 Å². The van der Waals surface area contributed by atoms with Crippen molar-refractivity contribution in [1.29, 1.82) is 0 Å². The highest BCUT2D eigenvalue weighted by molar-refractivity contribution is 6.18. The average molecular weight is 2000 g/mol. The molecular weight excluding hydrogens is 1870 g/mol. The summed E-state index contributed by atoms with van der Waals surface area (Å²) < 4.78 is 20.9. The molecule has 2 bridgehead atoms. The van der Waals surface area contributed by atoms with Crippen LogP contribution in [-0.2, 0) is 67.9 Å². The number of carbonyl (C=O) groups excluding carboxylic acids is 6. The molecule has 6 amide bonds. The molecule has 149 heavy (non-hydrogen) atoms. The van der Waals surface area contributed by atoms with E-state index in [0.717, 1.165) is 215 Å². The summed E-state index contributed by atoms with van der Waals surface area (Å²) in [6.07, 6.45) is 32.9. The molecule has 11 aromatic rings. The first-order valence-corrected chi connectivity index (χ1v) is 53.2. The molecule has 3 aliphatic carbocycles. The number of fused-ring (bicyclic) bond motifs is 3. The van der Waals surface area contributed by atoms with Gasteiger partial charge in [-0.25, -0.2) is 34.9 Å². The van der Waals surface area contributed by atoms with Crippen molar-refractivity contribution in [2.45, 2.75) is 168 Å². The Kier molecular flexibility index (Phi) is 26.4. The number of carbonyl (C=O) groups is 6. The number of aliphatic imine (C=N–C) groups is 3. The van der Waals surface area contributed by atoms with Crippen molar-refractivity contribution in [3.05, 3.63) is 269 Å². The molecule has 3 saturated carbocycles. The summed E-state index contributed by atoms with van der Waals surface area (Å²) in [6, 6.07) is 44.7. The fourth-order valence-corrected chi connectivity index (χ4v) is 25.5. The van der Waals surface area contributed by atoms with Crippen molar-refractivity contribution in [1.82, 2.24) is 83.6 Å². The van der Waals surface area contributed by atoms with Crippen molar-refractivity contribution < 1.29 is 43.0 Å². The Bertz CT molecular complexity index is 7130. The molecule has 26 rings (SSSR count). The molecule has 19 heterocycles. The lowest BCUT2D eigenvalue weighted by atomic mass is 9.31. The third-order valence-corrected chi connectivity index (χ3v) is 33.4. The van der Waals surface area contributed by atoms with Crippen LogP contribution in [0.1, 0.15) is 192 Å². The summed E-state index contributed by atoms with van der Waals surface area (Å²) in [5.74, 6) is 5.13. The number of nitrogens with zero attached hydrogens (tertiary/aromatic N) is 23. The summed E-state index contributed by atoms with van der Waals surface area (Å²) >= 11 is 0. The van der Waals surface area contributed by atoms with Crippen LogP contribution in [-0.4, -0.2) is 272 Å². The van der Waals surface area contributed by atoms with Crippen molar-refractivity contribution in [3.63, 3.8) is 0 Å². The maximum Gasteiger partial charge on any atom is 0.237 e. The third-order valence-electron chi connectivity index (χ3n) is 33.4. The second kappa shape index (κ2) is 40.2. The van der Waals surface area contributed by atoms with Gasteiger partial charge >= 0.3 is 0 Å². The summed E-state index contributed by atoms with van der Waals surface area (Å²) in [6.45, 7) is 25.3. The number of piperidine rings is 1. The molecule has 3 spiro atoms. The van der Waals surface area contributed by atoms with Gasteiger partial charge in [-0.2, -0.15) is 5.10 Å². The Morgan fingerprint density at radius 2 is 0.805 bits per heavy atom. The fourth-order valence-electron chi connectivity index (χ4n) is 25.5. The van der Waals surface area contributed by atoms with Crippen molar-refractivity contribution in [2.24, 2.45) is 56.7 Å². The number of imidazole rings is 1. The van der Waals surface area contributed by atoms with Gasteiger partial charge in [0.15, 0.2) is 11.6 Å². The molecular formula is C117H129N23O9. The number of likely N-dealkylation sites (tertiary alicyclic amines) is 4. The van der Waals surface area contributed by atoms with E-state index in [1.54, 1.807) is 30.9 Å². The lowest BCUT2D eigenvalue weighted by Gasteiger charge is -2.73. The molecule has 32 nitrogen and oxygen atoms in total. The van der Waals surface area contributed by atoms with Crippen LogP contribution in [0.4, 0.5) is 17.1 Å². The van der Waals surface area contributed by atoms with E-state index in [1.807, 2.05) is 175 Å². The van der Waals surface area contributed by atoms with Gasteiger partial charge < -0.3 is 48.2 Å². The van der Waals surface area contributed by atoms with E-state index in [0.29, 0.717) is 140 Å². The molecule has 15 aliphatic rings. The standard InChI is InChI=1S/C40H43N7O3.C39H40N8O3.C38H46N8O3/c1-27(2)50-36-11-9-32(22-41-36)38-34-20-33(10-8-31(34)21-42-38)47-19-15-40(39(47)49)14-18-45(25-40)24-37(48)46-16-12-29(13-17-46)28-4-6-30(7-5-28)35-23-44(3)26-43-35;1-26(2)50-34-9-6-29(22-43-34)36-32-20-31(7-4-28(32)21-44-36)47-19-13-39(38(47)49)12-18-45(25-39)24-35(48)46-16-10-27(11-17-46)33-8-5-30(23-42-33)37-40-14-3-15-41-37;1-25(2)49-31-7-5-27(18-39-31)33-30-16-29(6-4-26(30)17-40-33)46-15-11-36(35(46)48)10-14-44(23-36)19-32(47)45-12-8-28(9-13-45)37-20-38(21-37,22-37)34-41-24-43(3)42-34/h4-12,20,22-23,26-27H,13-19,21,24-25H2,1-3H3;3-10,14-15,20,22-23,26H,11-13,16-19,21,24-25H2,1-2H3;4-7,16,18,24-25,28H,8-15,17,19-23H2,1-3H3/t40-;39-;36-,37?,38?/m000/s1. The van der Waals surface area contributed by atoms with Gasteiger partial charge in [0.2, 0.25) is 53.1 Å². The van der Waals surface area contributed by atoms with Gasteiger partial charge in [0, 0.05) is 221 Å². The smallest absolute Gasteiger partial charge is 0.237 e. The summed E-state index contributed by atoms with van der Waals surface area (Å²) in [5, 5.41) is 4.60. The van der Waals surface area contributed by atoms with Gasteiger partial charge in [-0.15, -0.1) is 0 Å². The SMILES string of the molecule is CC(C)Oc1ccc(C2=NCc3ccc(N4CC[C@]5(CCN(CC(=O)N6CC=C(c7ccc(-c8cn(C)cn8)cc7)CC6)C5)C4=O)cc32)cn1.CC(C)Oc1ccc(C2=NCc3ccc(N4CC[C@]5(CCN(CC(=O)N6CC=C(c7ccc(-c8ncccn8)cn7)CC6)C5)C4=O)cc32)cn1.CC(C)Oc1ccc(C2=NCc3ccc(N4CC[C@]5(CCN(CC(=O)N6CCC(C78CC(c9ncn(C)n9)(C7)C8)CC6)C5)C4=O)cc32)cn1. The Morgan fingerprint density at radius 1 is 0.396 bits per heavy atom. The Balaban J connectivity index is 0.000000123. The number of benzene rings is 4. The van der Waals surface area contributed by atoms with Crippen LogP contribution in [0.5, 0.6) is 17.6 Å². The zero-order chi connectivity index (χ0) is 102. The maximum atomic E-state index is 14.1. The molecule has 7 saturated heterocycles. The van der Waals surface area contributed by atoms with Gasteiger partial charge in [0.05, 0.1) is 109 Å². The summed E-state index contributed by atoms with van der Waals surface area (Å²) in [4.78, 5) is 151. The molecule has 0 unspecified atom stereocenters. The predicted octanol–water partition coefficient (Wildman–Crippen LogP) is 14.3. The lowest BCUT2D eigenvalue weighted by Crippen LogP contribution is -2.68. The second-order valence-corrected chi connectivity index (χ2v) is 44.2. The number of hydrogen-bond acceptors (Lipinski definition) is 24. The molecule has 10 fully saturated rings. The topological polar surface area (TPSA) is 322 Å². The van der Waals surface area contributed by atoms with Crippen molar-refractivity contribution in [2.75, 3.05) is 133 Å². The summed E-state index contributed by atoms with van der Waals surface area (Å²) in [5.41, 5.74) is 21.7. The molecule has 0 radical (unpaired) electrons. The number of aryl methyl sites for hydroxylation is 2. The minimum atomic E-state index is -0.454. The number of pyridine rings is 4. The quantitative estimate of drug-likeness (QED) is 0.0542. The molecule has 766 valence electrons. The van der Waals surface area contributed by atoms with Gasteiger partial charge in [0.25, 0.3) is 0 Å². The Hall–Kier alpha value is -14.5. The van der Waals surface area contributed by atoms with Gasteiger partial charge in [0.1, 0.15) is 6.33 Å². The Labute approximate surface area is 869 Å². The van der Waals surface area contributed by atoms with E-state index in [9.17, 15) is 28.8 Å². The highest BCUT2D eigenvalue weighted by Gasteiger charge is 2.72.